The first-order valence-corrected chi connectivity index (χ1v) is 7.30. The number of methoxy groups -OCH3 is 2. The first kappa shape index (κ1) is 16.8. The van der Waals surface area contributed by atoms with Crippen LogP contribution in [0.15, 0.2) is 42.5 Å². The van der Waals surface area contributed by atoms with Crippen LogP contribution in [0, 0.1) is 6.92 Å². The number of hydrogen-bond donors (Lipinski definition) is 2. The molecule has 0 radical (unpaired) electrons. The molecule has 2 rings (SSSR count). The van der Waals surface area contributed by atoms with Gasteiger partial charge in [-0.3, -0.25) is 4.79 Å². The van der Waals surface area contributed by atoms with Crippen molar-refractivity contribution in [2.75, 3.05) is 20.8 Å². The Morgan fingerprint density at radius 1 is 1.09 bits per heavy atom. The van der Waals surface area contributed by atoms with E-state index in [1.807, 2.05) is 19.1 Å². The summed E-state index contributed by atoms with van der Waals surface area (Å²) in [6.07, 6.45) is -0.829. The van der Waals surface area contributed by atoms with Crippen molar-refractivity contribution in [1.29, 1.82) is 0 Å². The van der Waals surface area contributed by atoms with Crippen LogP contribution < -0.4 is 14.8 Å². The standard InChI is InChI=1S/C18H21NO4/c1-12-4-6-13(7-5-12)18(21)19-11-15(20)14-8-9-16(22-2)17(10-14)23-3/h4-10,15,20H,11H2,1-3H3,(H,19,21). The molecule has 0 heterocycles. The summed E-state index contributed by atoms with van der Waals surface area (Å²) in [5.74, 6) is 0.908. The topological polar surface area (TPSA) is 67.8 Å². The lowest BCUT2D eigenvalue weighted by Gasteiger charge is -2.15. The lowest BCUT2D eigenvalue weighted by Crippen LogP contribution is -2.28. The van der Waals surface area contributed by atoms with Crippen molar-refractivity contribution in [3.8, 4) is 11.5 Å². The van der Waals surface area contributed by atoms with Crippen molar-refractivity contribution in [2.45, 2.75) is 13.0 Å². The largest absolute Gasteiger partial charge is 0.493 e. The summed E-state index contributed by atoms with van der Waals surface area (Å²) in [6.45, 7) is 2.07. The molecule has 0 saturated heterocycles. The summed E-state index contributed by atoms with van der Waals surface area (Å²) in [5.41, 5.74) is 2.30. The second-order valence-corrected chi connectivity index (χ2v) is 5.21. The summed E-state index contributed by atoms with van der Waals surface area (Å²) in [7, 11) is 3.09. The highest BCUT2D eigenvalue weighted by Gasteiger charge is 2.13. The van der Waals surface area contributed by atoms with Gasteiger partial charge in [0, 0.05) is 12.1 Å². The third kappa shape index (κ3) is 4.23. The number of amides is 1. The number of aliphatic hydroxyl groups is 1. The molecule has 122 valence electrons. The fourth-order valence-corrected chi connectivity index (χ4v) is 2.17. The highest BCUT2D eigenvalue weighted by molar-refractivity contribution is 5.94. The van der Waals surface area contributed by atoms with Crippen molar-refractivity contribution >= 4 is 5.91 Å². The van der Waals surface area contributed by atoms with Crippen molar-refractivity contribution in [3.05, 3.63) is 59.2 Å². The van der Waals surface area contributed by atoms with Crippen LogP contribution in [0.2, 0.25) is 0 Å². The molecule has 1 atom stereocenters. The lowest BCUT2D eigenvalue weighted by atomic mass is 10.1. The molecule has 0 aromatic heterocycles. The van der Waals surface area contributed by atoms with Crippen molar-refractivity contribution in [2.24, 2.45) is 0 Å². The van der Waals surface area contributed by atoms with Crippen molar-refractivity contribution in [3.63, 3.8) is 0 Å². The maximum Gasteiger partial charge on any atom is 0.251 e. The summed E-state index contributed by atoms with van der Waals surface area (Å²) in [4.78, 5) is 12.0. The Kier molecular flexibility index (Phi) is 5.60. The smallest absolute Gasteiger partial charge is 0.251 e. The maximum atomic E-state index is 12.0. The molecule has 2 aromatic rings. The quantitative estimate of drug-likeness (QED) is 0.859. The van der Waals surface area contributed by atoms with Crippen LogP contribution in [0.4, 0.5) is 0 Å². The Hall–Kier alpha value is -2.53. The zero-order valence-electron chi connectivity index (χ0n) is 13.5. The van der Waals surface area contributed by atoms with E-state index in [9.17, 15) is 9.90 Å². The van der Waals surface area contributed by atoms with Gasteiger partial charge in [0.05, 0.1) is 20.3 Å². The maximum absolute atomic E-state index is 12.0. The molecular formula is C18H21NO4. The number of aryl methyl sites for hydroxylation is 1. The zero-order chi connectivity index (χ0) is 16.8. The van der Waals surface area contributed by atoms with Gasteiger partial charge in [-0.1, -0.05) is 23.8 Å². The van der Waals surface area contributed by atoms with Crippen LogP contribution in [-0.2, 0) is 0 Å². The predicted octanol–water partition coefficient (Wildman–Crippen LogP) is 2.48. The second-order valence-electron chi connectivity index (χ2n) is 5.21. The summed E-state index contributed by atoms with van der Waals surface area (Å²) >= 11 is 0. The number of ether oxygens (including phenoxy) is 2. The Balaban J connectivity index is 2.00. The SMILES string of the molecule is COc1ccc(C(O)CNC(=O)c2ccc(C)cc2)cc1OC. The molecule has 5 heteroatoms. The van der Waals surface area contributed by atoms with E-state index in [1.165, 1.54) is 7.11 Å². The normalized spacial score (nSPS) is 11.7. The highest BCUT2D eigenvalue weighted by Crippen LogP contribution is 2.29. The van der Waals surface area contributed by atoms with Crippen LogP contribution in [-0.4, -0.2) is 31.8 Å². The van der Waals surface area contributed by atoms with E-state index in [0.717, 1.165) is 5.56 Å². The van der Waals surface area contributed by atoms with E-state index in [1.54, 1.807) is 37.4 Å². The van der Waals surface area contributed by atoms with E-state index in [-0.39, 0.29) is 12.5 Å². The number of carbonyl (C=O) groups excluding carboxylic acids is 1. The predicted molar refractivity (Wildman–Crippen MR) is 88.0 cm³/mol. The van der Waals surface area contributed by atoms with Crippen molar-refractivity contribution in [1.82, 2.24) is 5.32 Å². The minimum Gasteiger partial charge on any atom is -0.493 e. The molecule has 0 aliphatic carbocycles. The molecule has 0 aliphatic rings. The van der Waals surface area contributed by atoms with Crippen LogP contribution in [0.1, 0.15) is 27.6 Å². The van der Waals surface area contributed by atoms with Gasteiger partial charge in [0.1, 0.15) is 0 Å². The first-order valence-electron chi connectivity index (χ1n) is 7.30. The van der Waals surface area contributed by atoms with Gasteiger partial charge in [-0.15, -0.1) is 0 Å². The summed E-state index contributed by atoms with van der Waals surface area (Å²) in [5, 5.41) is 13.0. The van der Waals surface area contributed by atoms with E-state index in [2.05, 4.69) is 5.32 Å². The zero-order valence-corrected chi connectivity index (χ0v) is 13.5. The van der Waals surface area contributed by atoms with Gasteiger partial charge in [-0.25, -0.2) is 0 Å². The van der Waals surface area contributed by atoms with Gasteiger partial charge in [0.15, 0.2) is 11.5 Å². The number of carbonyl (C=O) groups is 1. The lowest BCUT2D eigenvalue weighted by molar-refractivity contribution is 0.0916. The molecule has 0 bridgehead atoms. The fraction of sp³-hybridized carbons (Fsp3) is 0.278. The van der Waals surface area contributed by atoms with Gasteiger partial charge in [0.2, 0.25) is 0 Å². The molecule has 0 spiro atoms. The molecule has 0 fully saturated rings. The fourth-order valence-electron chi connectivity index (χ4n) is 2.17. The van der Waals surface area contributed by atoms with E-state index >= 15 is 0 Å². The van der Waals surface area contributed by atoms with Crippen LogP contribution in [0.3, 0.4) is 0 Å². The molecule has 2 aromatic carbocycles. The Morgan fingerprint density at radius 3 is 2.35 bits per heavy atom. The third-order valence-electron chi connectivity index (χ3n) is 3.56. The summed E-state index contributed by atoms with van der Waals surface area (Å²) in [6, 6.07) is 12.4. The van der Waals surface area contributed by atoms with Crippen LogP contribution in [0.5, 0.6) is 11.5 Å². The van der Waals surface area contributed by atoms with Crippen LogP contribution in [0.25, 0.3) is 0 Å². The Morgan fingerprint density at radius 2 is 1.74 bits per heavy atom. The molecule has 1 unspecified atom stereocenters. The number of hydrogen-bond acceptors (Lipinski definition) is 4. The van der Waals surface area contributed by atoms with E-state index < -0.39 is 6.10 Å². The Labute approximate surface area is 135 Å². The molecule has 0 aliphatic heterocycles. The minimum absolute atomic E-state index is 0.113. The second kappa shape index (κ2) is 7.65. The number of nitrogens with one attached hydrogen (secondary N) is 1. The number of aliphatic hydroxyl groups excluding tert-OH is 1. The van der Waals surface area contributed by atoms with E-state index in [4.69, 9.17) is 9.47 Å². The van der Waals surface area contributed by atoms with Gasteiger partial charge in [0.25, 0.3) is 5.91 Å². The van der Waals surface area contributed by atoms with E-state index in [0.29, 0.717) is 22.6 Å². The highest BCUT2D eigenvalue weighted by atomic mass is 16.5. The number of benzene rings is 2. The third-order valence-corrected chi connectivity index (χ3v) is 3.56. The van der Waals surface area contributed by atoms with Crippen LogP contribution >= 0.6 is 0 Å². The van der Waals surface area contributed by atoms with Gasteiger partial charge in [-0.2, -0.15) is 0 Å². The first-order chi connectivity index (χ1) is 11.0. The molecular weight excluding hydrogens is 294 g/mol. The average Bonchev–Trinajstić information content (AvgIpc) is 2.59. The monoisotopic (exact) mass is 315 g/mol. The molecule has 23 heavy (non-hydrogen) atoms. The molecule has 1 amide bonds. The molecule has 0 saturated carbocycles. The Bertz CT molecular complexity index is 667. The van der Waals surface area contributed by atoms with Gasteiger partial charge >= 0.3 is 0 Å². The van der Waals surface area contributed by atoms with Gasteiger partial charge in [-0.05, 0) is 36.8 Å². The minimum atomic E-state index is -0.829. The molecule has 5 nitrogen and oxygen atoms in total. The summed E-state index contributed by atoms with van der Waals surface area (Å²) < 4.78 is 10.4. The average molecular weight is 315 g/mol. The van der Waals surface area contributed by atoms with Crippen molar-refractivity contribution < 1.29 is 19.4 Å². The van der Waals surface area contributed by atoms with Gasteiger partial charge < -0.3 is 19.9 Å². The number of rotatable bonds is 6. The molecule has 2 N–H and O–H groups in total.